The van der Waals surface area contributed by atoms with E-state index in [1.165, 1.54) is 0 Å². The van der Waals surface area contributed by atoms with Gasteiger partial charge in [0.1, 0.15) is 0 Å². The number of rotatable bonds is 2. The number of thiol groups is 1. The smallest absolute Gasteiger partial charge is 0.343 e. The average molecular weight is 338 g/mol. The second-order valence-corrected chi connectivity index (χ2v) is 8.92. The molecule has 0 aliphatic rings. The van der Waals surface area contributed by atoms with Crippen molar-refractivity contribution >= 4 is 29.7 Å². The van der Waals surface area contributed by atoms with Gasteiger partial charge in [-0.3, -0.25) is 0 Å². The van der Waals surface area contributed by atoms with Gasteiger partial charge in [0.15, 0.2) is 0 Å². The largest absolute Gasteiger partial charge is 2.00 e. The molecule has 0 aliphatic carbocycles. The Balaban J connectivity index is -0.0000000655. The summed E-state index contributed by atoms with van der Waals surface area (Å²) in [7, 11) is 0. The van der Waals surface area contributed by atoms with Crippen LogP contribution < -0.4 is 0 Å². The Bertz CT molecular complexity index is 145. The number of hydrogen-bond donors (Lipinski definition) is 3. The Hall–Kier alpha value is 1.54. The Morgan fingerprint density at radius 2 is 1.12 bits per heavy atom. The van der Waals surface area contributed by atoms with Gasteiger partial charge in [-0.25, -0.2) is 0 Å². The topological polar surface area (TPSA) is 40.5 Å². The van der Waals surface area contributed by atoms with Crippen LogP contribution in [0.15, 0.2) is 0 Å². The van der Waals surface area contributed by atoms with Crippen LogP contribution in [0.25, 0.3) is 0 Å². The van der Waals surface area contributed by atoms with Gasteiger partial charge in [-0.2, -0.15) is 12.8 Å². The van der Waals surface area contributed by atoms with Crippen molar-refractivity contribution in [1.29, 1.82) is 0 Å². The van der Waals surface area contributed by atoms with E-state index < -0.39 is 5.69 Å². The molecule has 6 heteroatoms. The molecule has 0 rings (SSSR count). The van der Waals surface area contributed by atoms with Gasteiger partial charge in [-0.15, -0.1) is 0 Å². The van der Waals surface area contributed by atoms with Crippen molar-refractivity contribution in [3.63, 3.8) is 0 Å². The average Bonchev–Trinajstić information content (AvgIpc) is 2.02. The van der Waals surface area contributed by atoms with Gasteiger partial charge in [0, 0.05) is 0 Å². The van der Waals surface area contributed by atoms with Crippen LogP contribution in [0.3, 0.4) is 0 Å². The van der Waals surface area contributed by atoms with Crippen molar-refractivity contribution in [2.45, 2.75) is 40.5 Å². The molecule has 0 saturated heterocycles. The predicted octanol–water partition coefficient (Wildman–Crippen LogP) is 3.86. The molecule has 0 aromatic heterocycles. The SMILES string of the molecule is OP(O)(=S)S.[CH2-]CC(C)C.[CH2-]CC(C)C.[Zn+2]. The molecule has 0 unspecified atom stereocenters. The maximum absolute atomic E-state index is 7.87. The van der Waals surface area contributed by atoms with Crippen LogP contribution in [0, 0.1) is 25.7 Å². The van der Waals surface area contributed by atoms with E-state index in [2.05, 4.69) is 65.6 Å². The monoisotopic (exact) mass is 336 g/mol. The van der Waals surface area contributed by atoms with E-state index in [0.29, 0.717) is 0 Å². The summed E-state index contributed by atoms with van der Waals surface area (Å²) in [6, 6.07) is 0. The van der Waals surface area contributed by atoms with Gasteiger partial charge < -0.3 is 23.6 Å². The summed E-state index contributed by atoms with van der Waals surface area (Å²) in [5, 5.41) is 0. The predicted molar refractivity (Wildman–Crippen MR) is 77.3 cm³/mol. The van der Waals surface area contributed by atoms with Gasteiger partial charge in [0.05, 0.1) is 0 Å². The molecule has 2 nitrogen and oxygen atoms in total. The zero-order valence-electron chi connectivity index (χ0n) is 10.9. The van der Waals surface area contributed by atoms with Gasteiger partial charge >= 0.3 is 19.5 Å². The van der Waals surface area contributed by atoms with E-state index in [0.717, 1.165) is 24.7 Å². The zero-order chi connectivity index (χ0) is 13.1. The van der Waals surface area contributed by atoms with E-state index in [4.69, 9.17) is 9.79 Å². The molecule has 0 aromatic carbocycles. The normalized spacial score (nSPS) is 9.69. The maximum atomic E-state index is 7.87. The minimum Gasteiger partial charge on any atom is -0.343 e. The summed E-state index contributed by atoms with van der Waals surface area (Å²) in [4.78, 5) is 15.7. The molecule has 2 N–H and O–H groups in total. The van der Waals surface area contributed by atoms with Crippen molar-refractivity contribution < 1.29 is 29.3 Å². The Morgan fingerprint density at radius 1 is 1.06 bits per heavy atom. The van der Waals surface area contributed by atoms with Crippen molar-refractivity contribution in [3.05, 3.63) is 13.8 Å². The van der Waals surface area contributed by atoms with Gasteiger partial charge in [-0.1, -0.05) is 51.8 Å². The molecule has 0 aromatic rings. The molecule has 96 valence electrons. The zero-order valence-corrected chi connectivity index (χ0v) is 16.5. The minimum atomic E-state index is -3.11. The second kappa shape index (κ2) is 16.5. The van der Waals surface area contributed by atoms with Crippen LogP contribution in [-0.2, 0) is 31.3 Å². The first-order valence-corrected chi connectivity index (χ1v) is 8.77. The van der Waals surface area contributed by atoms with Gasteiger partial charge in [0.25, 0.3) is 0 Å². The summed E-state index contributed by atoms with van der Waals surface area (Å²) in [5.41, 5.74) is -3.11. The summed E-state index contributed by atoms with van der Waals surface area (Å²) in [5.74, 6) is 1.55. The molecule has 0 fully saturated rings. The van der Waals surface area contributed by atoms with Gasteiger partial charge in [-0.05, 0) is 11.8 Å². The molecule has 0 atom stereocenters. The summed E-state index contributed by atoms with van der Waals surface area (Å²) < 4.78 is 0. The fourth-order valence-electron chi connectivity index (χ4n) is 0. The number of hydrogen-bond acceptors (Lipinski definition) is 1. The fraction of sp³-hybridized carbons (Fsp3) is 0.800. The second-order valence-electron chi connectivity index (χ2n) is 3.88. The van der Waals surface area contributed by atoms with Crippen molar-refractivity contribution in [2.24, 2.45) is 11.8 Å². The van der Waals surface area contributed by atoms with Crippen LogP contribution in [0.2, 0.25) is 0 Å². The molecule has 0 spiro atoms. The minimum absolute atomic E-state index is 0. The Morgan fingerprint density at radius 3 is 1.12 bits per heavy atom. The molecule has 0 saturated carbocycles. The third kappa shape index (κ3) is 107. The first-order valence-electron chi connectivity index (χ1n) is 4.91. The summed E-state index contributed by atoms with van der Waals surface area (Å²) in [6.45, 7) is 16.0. The molecule has 0 heterocycles. The molecule has 0 amide bonds. The van der Waals surface area contributed by atoms with E-state index in [1.54, 1.807) is 0 Å². The maximum Gasteiger partial charge on any atom is 2.00 e. The third-order valence-corrected chi connectivity index (χ3v) is 1.15. The van der Waals surface area contributed by atoms with Crippen LogP contribution in [0.5, 0.6) is 0 Å². The van der Waals surface area contributed by atoms with Gasteiger partial charge in [0.2, 0.25) is 5.69 Å². The first kappa shape index (κ1) is 26.2. The van der Waals surface area contributed by atoms with E-state index in [-0.39, 0.29) is 19.5 Å². The van der Waals surface area contributed by atoms with Crippen LogP contribution >= 0.6 is 17.9 Å². The van der Waals surface area contributed by atoms with E-state index in [1.807, 2.05) is 0 Å². The summed E-state index contributed by atoms with van der Waals surface area (Å²) >= 11 is 7.07. The molecular formula is C10H25O2PS2Zn. The van der Waals surface area contributed by atoms with Crippen molar-refractivity contribution in [3.8, 4) is 0 Å². The standard InChI is InChI=1S/2C5H11.H3O2PS2.Zn/c2*1-4-5(2)3;1-3(2,4)5;/h2*5H,1,4H2,2-3H3;(H3,1,2,4,5);/q2*-1;;+2. The molecule has 0 bridgehead atoms. The van der Waals surface area contributed by atoms with Crippen LogP contribution in [0.4, 0.5) is 0 Å². The summed E-state index contributed by atoms with van der Waals surface area (Å²) in [6.07, 6.45) is 2.11. The third-order valence-electron chi connectivity index (χ3n) is 1.15. The van der Waals surface area contributed by atoms with Crippen molar-refractivity contribution in [1.82, 2.24) is 0 Å². The molecular weight excluding hydrogens is 313 g/mol. The molecule has 0 aliphatic heterocycles. The molecule has 16 heavy (non-hydrogen) atoms. The van der Waals surface area contributed by atoms with E-state index in [9.17, 15) is 0 Å². The Labute approximate surface area is 125 Å². The Kier molecular flexibility index (Phi) is 27.1. The fourth-order valence-corrected chi connectivity index (χ4v) is 0. The molecule has 0 radical (unpaired) electrons. The quantitative estimate of drug-likeness (QED) is 0.310. The van der Waals surface area contributed by atoms with Crippen LogP contribution in [0.1, 0.15) is 40.5 Å². The van der Waals surface area contributed by atoms with Crippen LogP contribution in [-0.4, -0.2) is 9.79 Å². The van der Waals surface area contributed by atoms with E-state index >= 15 is 0 Å². The first-order chi connectivity index (χ1) is 6.54. The van der Waals surface area contributed by atoms with Crippen molar-refractivity contribution in [2.75, 3.05) is 0 Å².